The number of methoxy groups -OCH3 is 2. The highest BCUT2D eigenvalue weighted by atomic mass is 32.1. The van der Waals surface area contributed by atoms with E-state index in [0.29, 0.717) is 33.1 Å². The Bertz CT molecular complexity index is 1020. The average molecular weight is 431 g/mol. The number of aryl methyl sites for hydroxylation is 1. The average Bonchev–Trinajstić information content (AvgIpc) is 3.48. The van der Waals surface area contributed by atoms with Crippen molar-refractivity contribution in [1.82, 2.24) is 15.2 Å². The Morgan fingerprint density at radius 1 is 1.10 bits per heavy atom. The summed E-state index contributed by atoms with van der Waals surface area (Å²) >= 11 is 2.81. The number of benzene rings is 1. The standard InChI is InChI=1S/C20H22N4O3S2/c1-11-16(17(25)22-20-24-23-19(29-20)12-6-4-5-7-12)28-18(21-11)13-8-9-14(26-2)15(10-13)27-3/h8-10,12H,4-7H2,1-3H3,(H,22,24,25). The maximum absolute atomic E-state index is 12.8. The predicted octanol–water partition coefficient (Wildman–Crippen LogP) is 4.90. The Labute approximate surface area is 177 Å². The van der Waals surface area contributed by atoms with Crippen LogP contribution in [-0.2, 0) is 0 Å². The lowest BCUT2D eigenvalue weighted by Gasteiger charge is -2.08. The molecule has 0 unspecified atom stereocenters. The van der Waals surface area contributed by atoms with Crippen molar-refractivity contribution in [2.24, 2.45) is 0 Å². The van der Waals surface area contributed by atoms with Gasteiger partial charge >= 0.3 is 0 Å². The van der Waals surface area contributed by atoms with Crippen LogP contribution in [0.1, 0.15) is 52.0 Å². The molecule has 0 aliphatic heterocycles. The number of thiazole rings is 1. The van der Waals surface area contributed by atoms with E-state index in [1.54, 1.807) is 14.2 Å². The first-order chi connectivity index (χ1) is 14.1. The van der Waals surface area contributed by atoms with Gasteiger partial charge in [0.05, 0.1) is 19.9 Å². The molecule has 9 heteroatoms. The zero-order valence-corrected chi connectivity index (χ0v) is 18.2. The molecule has 0 spiro atoms. The highest BCUT2D eigenvalue weighted by Gasteiger charge is 2.23. The van der Waals surface area contributed by atoms with Crippen molar-refractivity contribution >= 4 is 33.7 Å². The highest BCUT2D eigenvalue weighted by Crippen LogP contribution is 2.37. The molecule has 0 atom stereocenters. The molecule has 1 aliphatic carbocycles. The van der Waals surface area contributed by atoms with Crippen LogP contribution in [0, 0.1) is 6.92 Å². The summed E-state index contributed by atoms with van der Waals surface area (Å²) in [6.45, 7) is 1.83. The minimum absolute atomic E-state index is 0.208. The molecule has 1 N–H and O–H groups in total. The fourth-order valence-electron chi connectivity index (χ4n) is 3.48. The number of hydrogen-bond donors (Lipinski definition) is 1. The third-order valence-corrected chi connectivity index (χ3v) is 7.21. The molecule has 1 amide bonds. The molecule has 1 saturated carbocycles. The van der Waals surface area contributed by atoms with Gasteiger partial charge in [-0.05, 0) is 38.0 Å². The zero-order valence-electron chi connectivity index (χ0n) is 16.5. The first-order valence-electron chi connectivity index (χ1n) is 9.43. The lowest BCUT2D eigenvalue weighted by molar-refractivity contribution is 0.102. The van der Waals surface area contributed by atoms with Crippen LogP contribution in [0.2, 0.25) is 0 Å². The van der Waals surface area contributed by atoms with E-state index >= 15 is 0 Å². The van der Waals surface area contributed by atoms with Crippen LogP contribution in [0.5, 0.6) is 11.5 Å². The van der Waals surface area contributed by atoms with Gasteiger partial charge in [-0.25, -0.2) is 4.98 Å². The fourth-order valence-corrected chi connectivity index (χ4v) is 5.34. The van der Waals surface area contributed by atoms with Crippen molar-refractivity contribution < 1.29 is 14.3 Å². The van der Waals surface area contributed by atoms with Crippen LogP contribution in [-0.4, -0.2) is 35.3 Å². The molecule has 1 fully saturated rings. The number of ether oxygens (including phenoxy) is 2. The van der Waals surface area contributed by atoms with E-state index < -0.39 is 0 Å². The number of nitrogens with one attached hydrogen (secondary N) is 1. The third kappa shape index (κ3) is 4.11. The van der Waals surface area contributed by atoms with E-state index in [1.807, 2.05) is 25.1 Å². The Kier molecular flexibility index (Phi) is 5.77. The maximum atomic E-state index is 12.8. The van der Waals surface area contributed by atoms with Crippen LogP contribution in [0.25, 0.3) is 10.6 Å². The number of carbonyl (C=O) groups excluding carboxylic acids is 1. The number of carbonyl (C=O) groups is 1. The number of hydrogen-bond acceptors (Lipinski definition) is 8. The smallest absolute Gasteiger partial charge is 0.269 e. The van der Waals surface area contributed by atoms with Crippen molar-refractivity contribution in [3.8, 4) is 22.1 Å². The first-order valence-corrected chi connectivity index (χ1v) is 11.1. The summed E-state index contributed by atoms with van der Waals surface area (Å²) in [5, 5.41) is 13.6. The second kappa shape index (κ2) is 8.46. The molecule has 29 heavy (non-hydrogen) atoms. The van der Waals surface area contributed by atoms with E-state index in [-0.39, 0.29) is 5.91 Å². The summed E-state index contributed by atoms with van der Waals surface area (Å²) < 4.78 is 10.6. The van der Waals surface area contributed by atoms with Gasteiger partial charge in [-0.3, -0.25) is 10.1 Å². The molecule has 3 aromatic rings. The van der Waals surface area contributed by atoms with Gasteiger partial charge in [0.15, 0.2) is 11.5 Å². The molecule has 0 saturated heterocycles. The van der Waals surface area contributed by atoms with Crippen LogP contribution in [0.15, 0.2) is 18.2 Å². The second-order valence-corrected chi connectivity index (χ2v) is 8.89. The number of aromatic nitrogens is 3. The molecule has 1 aliphatic rings. The maximum Gasteiger partial charge on any atom is 0.269 e. The highest BCUT2D eigenvalue weighted by molar-refractivity contribution is 7.17. The minimum atomic E-state index is -0.208. The number of rotatable bonds is 6. The predicted molar refractivity (Wildman–Crippen MR) is 114 cm³/mol. The topological polar surface area (TPSA) is 86.2 Å². The van der Waals surface area contributed by atoms with Crippen molar-refractivity contribution in [3.05, 3.63) is 33.8 Å². The molecule has 0 radical (unpaired) electrons. The quantitative estimate of drug-likeness (QED) is 0.599. The van der Waals surface area contributed by atoms with Gasteiger partial charge in [-0.2, -0.15) is 0 Å². The number of amides is 1. The van der Waals surface area contributed by atoms with E-state index in [1.165, 1.54) is 35.5 Å². The molecular weight excluding hydrogens is 408 g/mol. The number of nitrogens with zero attached hydrogens (tertiary/aromatic N) is 3. The van der Waals surface area contributed by atoms with Crippen molar-refractivity contribution in [2.45, 2.75) is 38.5 Å². The van der Waals surface area contributed by atoms with E-state index in [0.717, 1.165) is 28.4 Å². The summed E-state index contributed by atoms with van der Waals surface area (Å²) in [7, 11) is 3.19. The molecular formula is C20H22N4O3S2. The summed E-state index contributed by atoms with van der Waals surface area (Å²) in [4.78, 5) is 17.9. The Balaban J connectivity index is 1.52. The Morgan fingerprint density at radius 2 is 1.86 bits per heavy atom. The third-order valence-electron chi connectivity index (χ3n) is 5.00. The van der Waals surface area contributed by atoms with Crippen molar-refractivity contribution in [3.63, 3.8) is 0 Å². The SMILES string of the molecule is COc1ccc(-c2nc(C)c(C(=O)Nc3nnc(C4CCCC4)s3)s2)cc1OC. The van der Waals surface area contributed by atoms with Crippen molar-refractivity contribution in [2.75, 3.05) is 19.5 Å². The van der Waals surface area contributed by atoms with E-state index in [9.17, 15) is 4.79 Å². The molecule has 2 aromatic heterocycles. The summed E-state index contributed by atoms with van der Waals surface area (Å²) in [5.41, 5.74) is 1.55. The van der Waals surface area contributed by atoms with E-state index in [4.69, 9.17) is 9.47 Å². The zero-order chi connectivity index (χ0) is 20.4. The monoisotopic (exact) mass is 430 g/mol. The minimum Gasteiger partial charge on any atom is -0.493 e. The fraction of sp³-hybridized carbons (Fsp3) is 0.400. The van der Waals surface area contributed by atoms with E-state index in [2.05, 4.69) is 20.5 Å². The molecule has 1 aromatic carbocycles. The molecule has 4 rings (SSSR count). The normalized spacial score (nSPS) is 14.2. The van der Waals surface area contributed by atoms with Gasteiger partial charge in [0, 0.05) is 11.5 Å². The summed E-state index contributed by atoms with van der Waals surface area (Å²) in [6, 6.07) is 5.59. The van der Waals surface area contributed by atoms with Crippen LogP contribution >= 0.6 is 22.7 Å². The van der Waals surface area contributed by atoms with Gasteiger partial charge in [0.25, 0.3) is 5.91 Å². The summed E-state index contributed by atoms with van der Waals surface area (Å²) in [5.74, 6) is 1.55. The lowest BCUT2D eigenvalue weighted by atomic mass is 10.1. The molecule has 7 nitrogen and oxygen atoms in total. The summed E-state index contributed by atoms with van der Waals surface area (Å²) in [6.07, 6.45) is 4.80. The van der Waals surface area contributed by atoms with Crippen molar-refractivity contribution in [1.29, 1.82) is 0 Å². The molecule has 0 bridgehead atoms. The van der Waals surface area contributed by atoms with Crippen LogP contribution in [0.3, 0.4) is 0 Å². The molecule has 152 valence electrons. The Hall–Kier alpha value is -2.52. The van der Waals surface area contributed by atoms with Gasteiger partial charge in [0.2, 0.25) is 5.13 Å². The van der Waals surface area contributed by atoms with Gasteiger partial charge in [0.1, 0.15) is 14.9 Å². The first kappa shape index (κ1) is 19.8. The second-order valence-electron chi connectivity index (χ2n) is 6.88. The number of anilines is 1. The largest absolute Gasteiger partial charge is 0.493 e. The van der Waals surface area contributed by atoms with Gasteiger partial charge in [-0.15, -0.1) is 21.5 Å². The van der Waals surface area contributed by atoms with Crippen LogP contribution in [0.4, 0.5) is 5.13 Å². The molecule has 2 heterocycles. The lowest BCUT2D eigenvalue weighted by Crippen LogP contribution is -2.11. The van der Waals surface area contributed by atoms with Crippen LogP contribution < -0.4 is 14.8 Å². The van der Waals surface area contributed by atoms with Gasteiger partial charge in [-0.1, -0.05) is 24.2 Å². The van der Waals surface area contributed by atoms with Gasteiger partial charge < -0.3 is 9.47 Å². The Morgan fingerprint density at radius 3 is 2.59 bits per heavy atom.